The van der Waals surface area contributed by atoms with Gasteiger partial charge in [0.1, 0.15) is 0 Å². The van der Waals surface area contributed by atoms with Gasteiger partial charge in [0.05, 0.1) is 22.4 Å². The summed E-state index contributed by atoms with van der Waals surface area (Å²) in [4.78, 5) is 5.46. The zero-order chi connectivity index (χ0) is 69.1. The van der Waals surface area contributed by atoms with E-state index in [4.69, 9.17) is 0 Å². The summed E-state index contributed by atoms with van der Waals surface area (Å²) in [6, 6.07) is 119. The third kappa shape index (κ3) is 9.63. The van der Waals surface area contributed by atoms with Crippen LogP contribution in [0.2, 0.25) is 0 Å². The first-order chi connectivity index (χ1) is 49.5. The Morgan fingerprint density at radius 3 is 1.20 bits per heavy atom. The summed E-state index contributed by atoms with van der Waals surface area (Å²) in [5.41, 5.74) is 31.4. The molecule has 17 aromatic rings. The number of hydrogen-bond donors (Lipinski definition) is 0. The van der Waals surface area contributed by atoms with Gasteiger partial charge < -0.3 is 14.4 Å². The molecule has 3 heterocycles. The summed E-state index contributed by atoms with van der Waals surface area (Å²) in [6.07, 6.45) is 0. The van der Waals surface area contributed by atoms with Crippen molar-refractivity contribution in [3.63, 3.8) is 0 Å². The molecule has 3 nitrogen and oxygen atoms in total. The quantitative estimate of drug-likeness (QED) is 0.0811. The van der Waals surface area contributed by atoms with Crippen molar-refractivity contribution in [3.8, 4) is 72.4 Å². The molecule has 102 heavy (non-hydrogen) atoms. The van der Waals surface area contributed by atoms with Crippen molar-refractivity contribution in [2.45, 2.75) is 78.6 Å². The number of benzene rings is 16. The molecule has 0 atom stereocenters. The van der Waals surface area contributed by atoms with Crippen molar-refractivity contribution < 1.29 is 0 Å². The second-order valence-corrected chi connectivity index (χ2v) is 31.6. The first-order valence-electron chi connectivity index (χ1n) is 36.3. The maximum absolute atomic E-state index is 2.73. The van der Waals surface area contributed by atoms with Crippen LogP contribution in [0, 0.1) is 0 Å². The topological polar surface area (TPSA) is 11.4 Å². The van der Waals surface area contributed by atoms with Gasteiger partial charge in [0.25, 0.3) is 6.71 Å². The number of hydrogen-bond acceptors (Lipinski definition) is 2. The number of anilines is 6. The minimum atomic E-state index is -0.317. The lowest BCUT2D eigenvalue weighted by atomic mass is 9.33. The average Bonchev–Trinajstić information content (AvgIpc) is 1.36. The molecule has 19 rings (SSSR count). The second kappa shape index (κ2) is 22.9. The molecular formula is C98H78BN3. The zero-order valence-electron chi connectivity index (χ0n) is 59.4. The molecule has 4 heteroatoms. The van der Waals surface area contributed by atoms with Crippen molar-refractivity contribution in [3.05, 3.63) is 326 Å². The van der Waals surface area contributed by atoms with Gasteiger partial charge in [0, 0.05) is 61.5 Å². The van der Waals surface area contributed by atoms with E-state index in [1.54, 1.807) is 0 Å². The number of aromatic nitrogens is 1. The third-order valence-electron chi connectivity index (χ3n) is 22.3. The third-order valence-corrected chi connectivity index (χ3v) is 22.3. The number of rotatable bonds is 9. The molecule has 2 aliphatic rings. The first kappa shape index (κ1) is 61.4. The Morgan fingerprint density at radius 1 is 0.255 bits per heavy atom. The molecule has 0 saturated heterocycles. The smallest absolute Gasteiger partial charge is 0.252 e. The van der Waals surface area contributed by atoms with E-state index in [1.165, 1.54) is 137 Å². The number of fused-ring (bicyclic) bond motifs is 5. The van der Waals surface area contributed by atoms with Crippen LogP contribution in [-0.2, 0) is 16.2 Å². The van der Waals surface area contributed by atoms with Crippen molar-refractivity contribution in [1.82, 2.24) is 4.57 Å². The average molecular weight is 1310 g/mol. The fourth-order valence-corrected chi connectivity index (χ4v) is 17.2. The Bertz CT molecular complexity index is 5940. The predicted molar refractivity (Wildman–Crippen MR) is 438 cm³/mol. The molecule has 0 bridgehead atoms. The lowest BCUT2D eigenvalue weighted by molar-refractivity contribution is 0.590. The summed E-state index contributed by atoms with van der Waals surface area (Å²) in [6.45, 7) is 21.0. The van der Waals surface area contributed by atoms with E-state index in [2.05, 4.69) is 386 Å². The molecule has 488 valence electrons. The SMILES string of the molecule is CC(C)(C)c1cccc(-c2cc(-c3ccccc3)cc(-c3cccc(C(C)(C)C)c3)c2N2c3ccc(-c4ccccc4)cc3B3c4ccc(-n5c6ccc7cccc8c9cccc%10ccc5c(c%109)c6c78)cc4N(c4c(-c5ccccc5)cccc4-c4ccccc4)c4cc(C(C)(C)C)cc2c43)c1. The normalized spacial score (nSPS) is 13.1. The number of para-hydroxylation sites is 1. The molecule has 0 unspecified atom stereocenters. The van der Waals surface area contributed by atoms with E-state index < -0.39 is 0 Å². The monoisotopic (exact) mass is 1310 g/mol. The summed E-state index contributed by atoms with van der Waals surface area (Å²) >= 11 is 0. The Kier molecular flexibility index (Phi) is 13.8. The second-order valence-electron chi connectivity index (χ2n) is 31.6. The predicted octanol–water partition coefficient (Wildman–Crippen LogP) is 25.1. The highest BCUT2D eigenvalue weighted by Gasteiger charge is 2.46. The van der Waals surface area contributed by atoms with Crippen LogP contribution in [0.5, 0.6) is 0 Å². The molecule has 0 saturated carbocycles. The molecule has 1 aromatic heterocycles. The van der Waals surface area contributed by atoms with Crippen LogP contribution in [0.1, 0.15) is 79.0 Å². The fourth-order valence-electron chi connectivity index (χ4n) is 17.2. The van der Waals surface area contributed by atoms with Crippen molar-refractivity contribution in [2.24, 2.45) is 0 Å². The lowest BCUT2D eigenvalue weighted by Gasteiger charge is -2.46. The Morgan fingerprint density at radius 2 is 0.696 bits per heavy atom. The van der Waals surface area contributed by atoms with Gasteiger partial charge in [-0.3, -0.25) is 0 Å². The highest BCUT2D eigenvalue weighted by Crippen LogP contribution is 2.56. The molecular weight excluding hydrogens is 1230 g/mol. The minimum absolute atomic E-state index is 0.118. The number of nitrogens with zero attached hydrogens (tertiary/aromatic N) is 3. The van der Waals surface area contributed by atoms with Crippen LogP contribution < -0.4 is 26.2 Å². The van der Waals surface area contributed by atoms with Crippen LogP contribution >= 0.6 is 0 Å². The summed E-state index contributed by atoms with van der Waals surface area (Å²) in [7, 11) is 0. The van der Waals surface area contributed by atoms with Gasteiger partial charge in [-0.25, -0.2) is 0 Å². The zero-order valence-corrected chi connectivity index (χ0v) is 59.4. The maximum Gasteiger partial charge on any atom is 0.252 e. The Labute approximate surface area is 599 Å². The van der Waals surface area contributed by atoms with Crippen molar-refractivity contribution >= 4 is 111 Å². The summed E-state index contributed by atoms with van der Waals surface area (Å²) < 4.78 is 2.59. The summed E-state index contributed by atoms with van der Waals surface area (Å²) in [5.74, 6) is 0. The highest BCUT2D eigenvalue weighted by molar-refractivity contribution is 7.00. The standard InChI is InChI=1S/C98H78BN3/c1-96(2,3)71-39-22-37-68(53-71)79-55-70(62-29-16-11-17-30-62)56-80(69-38-23-40-72(54-69)97(4,5)6)95(79)101-83-50-47-67(61-27-14-10-15-28-61)57-82(83)99-81-49-48-74(100-84-51-45-65-35-24-43-77-78-44-25-36-66-46-52-85(100)92(90(66)78)91(84)89(65)77)60-86(81)102(88-59-73(98(7,8)9)58-87(101)93(88)99)94-75(63-31-18-12-19-32-63)41-26-42-76(94)64-33-20-13-21-34-64/h10-60H,1-9H3. The van der Waals surface area contributed by atoms with E-state index in [1.807, 2.05) is 0 Å². The Balaban J connectivity index is 0.987. The van der Waals surface area contributed by atoms with Gasteiger partial charge in [0.2, 0.25) is 0 Å². The van der Waals surface area contributed by atoms with Crippen LogP contribution in [-0.4, -0.2) is 11.3 Å². The van der Waals surface area contributed by atoms with Gasteiger partial charge in [-0.1, -0.05) is 317 Å². The van der Waals surface area contributed by atoms with Crippen molar-refractivity contribution in [2.75, 3.05) is 9.80 Å². The molecule has 0 fully saturated rings. The van der Waals surface area contributed by atoms with Crippen LogP contribution in [0.25, 0.3) is 127 Å². The van der Waals surface area contributed by atoms with E-state index in [0.717, 1.165) is 56.4 Å². The first-order valence-corrected chi connectivity index (χ1v) is 36.3. The highest BCUT2D eigenvalue weighted by atomic mass is 15.2. The molecule has 0 N–H and O–H groups in total. The van der Waals surface area contributed by atoms with Gasteiger partial charge in [0.15, 0.2) is 0 Å². The molecule has 0 amide bonds. The molecule has 0 radical (unpaired) electrons. The van der Waals surface area contributed by atoms with Gasteiger partial charge >= 0.3 is 0 Å². The van der Waals surface area contributed by atoms with Gasteiger partial charge in [-0.2, -0.15) is 0 Å². The van der Waals surface area contributed by atoms with Crippen LogP contribution in [0.4, 0.5) is 34.1 Å². The van der Waals surface area contributed by atoms with Gasteiger partial charge in [-0.05, 0) is 181 Å². The van der Waals surface area contributed by atoms with E-state index >= 15 is 0 Å². The van der Waals surface area contributed by atoms with Crippen LogP contribution in [0.15, 0.2) is 309 Å². The van der Waals surface area contributed by atoms with E-state index in [9.17, 15) is 0 Å². The van der Waals surface area contributed by atoms with E-state index in [-0.39, 0.29) is 23.0 Å². The minimum Gasteiger partial charge on any atom is -0.310 e. The van der Waals surface area contributed by atoms with Crippen molar-refractivity contribution in [1.29, 1.82) is 0 Å². The fraction of sp³-hybridized carbons (Fsp3) is 0.122. The Hall–Kier alpha value is -11.7. The van der Waals surface area contributed by atoms with Gasteiger partial charge in [-0.15, -0.1) is 0 Å². The lowest BCUT2D eigenvalue weighted by Crippen LogP contribution is -2.61. The molecule has 16 aromatic carbocycles. The molecule has 0 spiro atoms. The molecule has 0 aliphatic carbocycles. The van der Waals surface area contributed by atoms with Crippen LogP contribution in [0.3, 0.4) is 0 Å². The maximum atomic E-state index is 2.73. The summed E-state index contributed by atoms with van der Waals surface area (Å²) in [5, 5.41) is 10.4. The largest absolute Gasteiger partial charge is 0.310 e. The molecule has 2 aliphatic heterocycles. The van der Waals surface area contributed by atoms with E-state index in [0.29, 0.717) is 0 Å².